The summed E-state index contributed by atoms with van der Waals surface area (Å²) in [6.07, 6.45) is 3.19. The van der Waals surface area contributed by atoms with Crippen molar-refractivity contribution in [1.82, 2.24) is 4.98 Å². The summed E-state index contributed by atoms with van der Waals surface area (Å²) in [5.74, 6) is 1.26. The molecule has 0 aliphatic heterocycles. The molecular weight excluding hydrogens is 285 g/mol. The van der Waals surface area contributed by atoms with Crippen molar-refractivity contribution in [2.75, 3.05) is 37.4 Å². The molecule has 0 aromatic carbocycles. The third kappa shape index (κ3) is 5.85. The Balaban J connectivity index is 2.33. The van der Waals surface area contributed by atoms with Gasteiger partial charge >= 0.3 is 0 Å². The van der Waals surface area contributed by atoms with Crippen LogP contribution in [0.2, 0.25) is 10.0 Å². The second-order valence-electron chi connectivity index (χ2n) is 4.15. The fourth-order valence-corrected chi connectivity index (χ4v) is 2.02. The van der Waals surface area contributed by atoms with Crippen LogP contribution in [-0.2, 0) is 4.74 Å². The minimum absolute atomic E-state index is 0.515. The summed E-state index contributed by atoms with van der Waals surface area (Å²) in [6.45, 7) is 4.50. The minimum atomic E-state index is 0.515. The molecular formula is C13H21Cl2N3O. The fraction of sp³-hybridized carbons (Fsp3) is 0.615. The zero-order chi connectivity index (χ0) is 14.1. The van der Waals surface area contributed by atoms with Gasteiger partial charge in [-0.3, -0.25) is 0 Å². The lowest BCUT2D eigenvalue weighted by atomic mass is 10.3. The van der Waals surface area contributed by atoms with Crippen molar-refractivity contribution < 1.29 is 4.74 Å². The Morgan fingerprint density at radius 3 is 2.53 bits per heavy atom. The van der Waals surface area contributed by atoms with Crippen LogP contribution >= 0.6 is 23.2 Å². The van der Waals surface area contributed by atoms with E-state index in [0.29, 0.717) is 21.7 Å². The van der Waals surface area contributed by atoms with Crippen molar-refractivity contribution in [1.29, 1.82) is 0 Å². The highest BCUT2D eigenvalue weighted by molar-refractivity contribution is 6.37. The van der Waals surface area contributed by atoms with E-state index in [1.54, 1.807) is 13.1 Å². The Morgan fingerprint density at radius 1 is 1.16 bits per heavy atom. The van der Waals surface area contributed by atoms with Gasteiger partial charge in [-0.2, -0.15) is 0 Å². The topological polar surface area (TPSA) is 46.2 Å². The Bertz CT molecular complexity index is 388. The normalized spacial score (nSPS) is 10.5. The lowest BCUT2D eigenvalue weighted by Gasteiger charge is -2.10. The molecule has 1 aromatic heterocycles. The van der Waals surface area contributed by atoms with E-state index in [0.717, 1.165) is 39.0 Å². The van der Waals surface area contributed by atoms with Crippen LogP contribution in [0, 0.1) is 0 Å². The average Bonchev–Trinajstić information content (AvgIpc) is 2.40. The molecule has 1 aromatic rings. The van der Waals surface area contributed by atoms with E-state index >= 15 is 0 Å². The highest BCUT2D eigenvalue weighted by Crippen LogP contribution is 2.28. The second-order valence-corrected chi connectivity index (χ2v) is 4.96. The molecule has 19 heavy (non-hydrogen) atoms. The number of hydrogen-bond acceptors (Lipinski definition) is 4. The van der Waals surface area contributed by atoms with Gasteiger partial charge in [0, 0.05) is 26.8 Å². The molecule has 108 valence electrons. The summed E-state index contributed by atoms with van der Waals surface area (Å²) in [6, 6.07) is 1.68. The molecule has 0 radical (unpaired) electrons. The van der Waals surface area contributed by atoms with E-state index in [1.165, 1.54) is 0 Å². The van der Waals surface area contributed by atoms with Crippen molar-refractivity contribution in [3.8, 4) is 0 Å². The van der Waals surface area contributed by atoms with Crippen LogP contribution in [0.4, 0.5) is 11.6 Å². The Labute approximate surface area is 124 Å². The Morgan fingerprint density at radius 2 is 1.84 bits per heavy atom. The number of nitrogens with zero attached hydrogens (tertiary/aromatic N) is 1. The quantitative estimate of drug-likeness (QED) is 0.676. The van der Waals surface area contributed by atoms with Crippen molar-refractivity contribution in [3.63, 3.8) is 0 Å². The third-order valence-corrected chi connectivity index (χ3v) is 3.14. The van der Waals surface area contributed by atoms with Gasteiger partial charge in [-0.15, -0.1) is 0 Å². The molecule has 1 rings (SSSR count). The largest absolute Gasteiger partial charge is 0.381 e. The molecule has 0 aliphatic carbocycles. The molecule has 0 spiro atoms. The minimum Gasteiger partial charge on any atom is -0.381 e. The number of unbranched alkanes of at least 4 members (excludes halogenated alkanes) is 1. The summed E-state index contributed by atoms with van der Waals surface area (Å²) >= 11 is 12.0. The molecule has 0 bridgehead atoms. The first-order valence-electron chi connectivity index (χ1n) is 6.54. The molecule has 0 saturated heterocycles. The predicted octanol–water partition coefficient (Wildman–Crippen LogP) is 4.05. The van der Waals surface area contributed by atoms with E-state index in [9.17, 15) is 0 Å². The van der Waals surface area contributed by atoms with Gasteiger partial charge in [-0.25, -0.2) is 4.98 Å². The molecule has 2 N–H and O–H groups in total. The molecule has 0 fully saturated rings. The van der Waals surface area contributed by atoms with Crippen LogP contribution in [0.15, 0.2) is 6.07 Å². The van der Waals surface area contributed by atoms with Gasteiger partial charge in [0.2, 0.25) is 0 Å². The molecule has 0 amide bonds. The van der Waals surface area contributed by atoms with Crippen molar-refractivity contribution in [3.05, 3.63) is 16.1 Å². The average molecular weight is 306 g/mol. The van der Waals surface area contributed by atoms with Crippen molar-refractivity contribution in [2.45, 2.75) is 26.2 Å². The zero-order valence-electron chi connectivity index (χ0n) is 11.4. The van der Waals surface area contributed by atoms with E-state index in [4.69, 9.17) is 27.9 Å². The van der Waals surface area contributed by atoms with Gasteiger partial charge in [0.15, 0.2) is 0 Å². The maximum Gasteiger partial charge on any atom is 0.147 e. The smallest absolute Gasteiger partial charge is 0.147 e. The third-order valence-electron chi connectivity index (χ3n) is 2.57. The van der Waals surface area contributed by atoms with E-state index in [1.807, 2.05) is 0 Å². The lowest BCUT2D eigenvalue weighted by Crippen LogP contribution is -2.08. The second kappa shape index (κ2) is 9.23. The standard InChI is InChI=1S/C13H21Cl2N3O/c1-3-4-7-19-8-5-6-17-13-11(15)9-10(14)12(16-2)18-13/h9H,3-8H2,1-2H3,(H2,16,17,18). The van der Waals surface area contributed by atoms with Crippen LogP contribution in [0.1, 0.15) is 26.2 Å². The van der Waals surface area contributed by atoms with Crippen LogP contribution in [0.25, 0.3) is 0 Å². The monoisotopic (exact) mass is 305 g/mol. The van der Waals surface area contributed by atoms with Crippen LogP contribution in [0.5, 0.6) is 0 Å². The van der Waals surface area contributed by atoms with Gasteiger partial charge in [0.25, 0.3) is 0 Å². The summed E-state index contributed by atoms with van der Waals surface area (Å²) < 4.78 is 5.48. The molecule has 1 heterocycles. The first-order valence-corrected chi connectivity index (χ1v) is 7.30. The molecule has 4 nitrogen and oxygen atoms in total. The van der Waals surface area contributed by atoms with Gasteiger partial charge in [-0.05, 0) is 18.9 Å². The van der Waals surface area contributed by atoms with Crippen LogP contribution in [-0.4, -0.2) is 31.8 Å². The number of anilines is 2. The molecule has 0 aliphatic rings. The fourth-order valence-electron chi connectivity index (χ4n) is 1.50. The van der Waals surface area contributed by atoms with Gasteiger partial charge < -0.3 is 15.4 Å². The van der Waals surface area contributed by atoms with E-state index < -0.39 is 0 Å². The summed E-state index contributed by atoms with van der Waals surface area (Å²) in [7, 11) is 1.77. The number of rotatable bonds is 9. The van der Waals surface area contributed by atoms with Crippen molar-refractivity contribution >= 4 is 34.8 Å². The van der Waals surface area contributed by atoms with Crippen LogP contribution in [0.3, 0.4) is 0 Å². The maximum absolute atomic E-state index is 6.07. The zero-order valence-corrected chi connectivity index (χ0v) is 12.9. The first-order chi connectivity index (χ1) is 9.19. The molecule has 0 saturated carbocycles. The van der Waals surface area contributed by atoms with E-state index in [2.05, 4.69) is 22.5 Å². The predicted molar refractivity (Wildman–Crippen MR) is 82.6 cm³/mol. The number of aromatic nitrogens is 1. The number of nitrogens with one attached hydrogen (secondary N) is 2. The molecule has 0 atom stereocenters. The highest BCUT2D eigenvalue weighted by Gasteiger charge is 2.07. The first kappa shape index (κ1) is 16.3. The Kier molecular flexibility index (Phi) is 7.94. The summed E-state index contributed by atoms with van der Waals surface area (Å²) in [5, 5.41) is 7.14. The number of hydrogen-bond donors (Lipinski definition) is 2. The highest BCUT2D eigenvalue weighted by atomic mass is 35.5. The lowest BCUT2D eigenvalue weighted by molar-refractivity contribution is 0.131. The van der Waals surface area contributed by atoms with Gasteiger partial charge in [0.05, 0.1) is 10.0 Å². The Hall–Kier alpha value is -0.710. The van der Waals surface area contributed by atoms with Crippen LogP contribution < -0.4 is 10.6 Å². The maximum atomic E-state index is 6.07. The van der Waals surface area contributed by atoms with E-state index in [-0.39, 0.29) is 0 Å². The SMILES string of the molecule is CCCCOCCCNc1nc(NC)c(Cl)cc1Cl. The molecule has 6 heteroatoms. The number of pyridine rings is 1. The number of halogens is 2. The van der Waals surface area contributed by atoms with Gasteiger partial charge in [-0.1, -0.05) is 36.5 Å². The number of ether oxygens (including phenoxy) is 1. The van der Waals surface area contributed by atoms with Crippen molar-refractivity contribution in [2.24, 2.45) is 0 Å². The summed E-state index contributed by atoms with van der Waals surface area (Å²) in [5.41, 5.74) is 0. The van der Waals surface area contributed by atoms with Gasteiger partial charge in [0.1, 0.15) is 11.6 Å². The summed E-state index contributed by atoms with van der Waals surface area (Å²) in [4.78, 5) is 4.31. The molecule has 0 unspecified atom stereocenters.